The molecule has 0 saturated carbocycles. The van der Waals surface area contributed by atoms with E-state index in [2.05, 4.69) is 20.8 Å². The molecule has 0 atom stereocenters. The van der Waals surface area contributed by atoms with Crippen molar-refractivity contribution in [2.24, 2.45) is 0 Å². The molecule has 0 aromatic rings. The second-order valence-corrected chi connectivity index (χ2v) is 5.58. The van der Waals surface area contributed by atoms with E-state index in [4.69, 9.17) is 0 Å². The van der Waals surface area contributed by atoms with Gasteiger partial charge in [-0.2, -0.15) is 0 Å². The number of rotatable bonds is 13. The summed E-state index contributed by atoms with van der Waals surface area (Å²) in [5.74, 6) is 0. The molecule has 0 aromatic carbocycles. The topological polar surface area (TPSA) is 0 Å². The number of alkyl halides is 1. The first kappa shape index (κ1) is 21.2. The van der Waals surface area contributed by atoms with Gasteiger partial charge in [0.15, 0.2) is 0 Å². The minimum absolute atomic E-state index is 0.128. The van der Waals surface area contributed by atoms with Crippen LogP contribution in [0.15, 0.2) is 0 Å². The first-order valence-electron chi connectivity index (χ1n) is 8.89. The SMILES string of the molecule is CCCCCC.CCCCCCCCCCCCF. The van der Waals surface area contributed by atoms with Crippen molar-refractivity contribution in [2.75, 3.05) is 6.67 Å². The van der Waals surface area contributed by atoms with Crippen LogP contribution in [0.3, 0.4) is 0 Å². The Kier molecular flexibility index (Phi) is 25.8. The summed E-state index contributed by atoms with van der Waals surface area (Å²) in [5, 5.41) is 0. The molecule has 0 saturated heterocycles. The molecule has 0 spiro atoms. The van der Waals surface area contributed by atoms with E-state index >= 15 is 0 Å². The Morgan fingerprint density at radius 2 is 0.684 bits per heavy atom. The van der Waals surface area contributed by atoms with Gasteiger partial charge in [0.2, 0.25) is 0 Å². The summed E-state index contributed by atoms with van der Waals surface area (Å²) in [5.41, 5.74) is 0. The highest BCUT2D eigenvalue weighted by molar-refractivity contribution is 4.46. The second kappa shape index (κ2) is 23.1. The predicted octanol–water partition coefficient (Wildman–Crippen LogP) is 7.46. The summed E-state index contributed by atoms with van der Waals surface area (Å²) < 4.78 is 11.7. The molecule has 0 aliphatic carbocycles. The van der Waals surface area contributed by atoms with E-state index in [-0.39, 0.29) is 6.67 Å². The normalized spacial score (nSPS) is 10.1. The lowest BCUT2D eigenvalue weighted by Crippen LogP contribution is -1.82. The predicted molar refractivity (Wildman–Crippen MR) is 87.6 cm³/mol. The molecule has 0 aliphatic rings. The van der Waals surface area contributed by atoms with E-state index in [0.29, 0.717) is 0 Å². The Bertz CT molecular complexity index is 109. The van der Waals surface area contributed by atoms with Gasteiger partial charge < -0.3 is 0 Å². The average molecular weight is 275 g/mol. The van der Waals surface area contributed by atoms with Crippen LogP contribution in [0.2, 0.25) is 0 Å². The van der Waals surface area contributed by atoms with Crippen molar-refractivity contribution >= 4 is 0 Å². The molecule has 0 aromatic heterocycles. The van der Waals surface area contributed by atoms with Gasteiger partial charge in [0.1, 0.15) is 0 Å². The zero-order valence-electron chi connectivity index (χ0n) is 14.0. The van der Waals surface area contributed by atoms with Crippen molar-refractivity contribution in [1.82, 2.24) is 0 Å². The van der Waals surface area contributed by atoms with Crippen LogP contribution in [-0.2, 0) is 0 Å². The first-order chi connectivity index (χ1) is 9.33. The van der Waals surface area contributed by atoms with E-state index in [1.807, 2.05) is 0 Å². The van der Waals surface area contributed by atoms with Gasteiger partial charge in [0, 0.05) is 0 Å². The molecule has 0 amide bonds. The molecular formula is C18H39F. The van der Waals surface area contributed by atoms with Gasteiger partial charge in [-0.3, -0.25) is 4.39 Å². The molecule has 0 unspecified atom stereocenters. The van der Waals surface area contributed by atoms with Crippen molar-refractivity contribution in [3.8, 4) is 0 Å². The van der Waals surface area contributed by atoms with E-state index in [1.165, 1.54) is 77.0 Å². The third-order valence-electron chi connectivity index (χ3n) is 3.44. The molecule has 0 N–H and O–H groups in total. The zero-order chi connectivity index (χ0) is 14.6. The van der Waals surface area contributed by atoms with Gasteiger partial charge in [-0.25, -0.2) is 0 Å². The molecule has 0 aliphatic heterocycles. The average Bonchev–Trinajstić information content (AvgIpc) is 2.44. The van der Waals surface area contributed by atoms with Crippen molar-refractivity contribution in [3.05, 3.63) is 0 Å². The van der Waals surface area contributed by atoms with Crippen molar-refractivity contribution < 1.29 is 4.39 Å². The largest absolute Gasteiger partial charge is 0.251 e. The highest BCUT2D eigenvalue weighted by atomic mass is 19.1. The second-order valence-electron chi connectivity index (χ2n) is 5.58. The molecule has 0 radical (unpaired) electrons. The highest BCUT2D eigenvalue weighted by Gasteiger charge is 1.91. The molecule has 118 valence electrons. The van der Waals surface area contributed by atoms with E-state index < -0.39 is 0 Å². The van der Waals surface area contributed by atoms with Crippen LogP contribution in [0.25, 0.3) is 0 Å². The Hall–Kier alpha value is -0.0700. The molecule has 0 heterocycles. The zero-order valence-corrected chi connectivity index (χ0v) is 14.0. The molecule has 0 bridgehead atoms. The van der Waals surface area contributed by atoms with Crippen molar-refractivity contribution in [3.63, 3.8) is 0 Å². The Morgan fingerprint density at radius 1 is 0.421 bits per heavy atom. The highest BCUT2D eigenvalue weighted by Crippen LogP contribution is 2.10. The van der Waals surface area contributed by atoms with Gasteiger partial charge in [-0.15, -0.1) is 0 Å². The lowest BCUT2D eigenvalue weighted by atomic mass is 10.1. The number of hydrogen-bond donors (Lipinski definition) is 0. The lowest BCUT2D eigenvalue weighted by Gasteiger charge is -2.00. The fraction of sp³-hybridized carbons (Fsp3) is 1.00. The summed E-state index contributed by atoms with van der Waals surface area (Å²) in [6.45, 7) is 6.58. The Balaban J connectivity index is 0. The Morgan fingerprint density at radius 3 is 1.00 bits per heavy atom. The number of halogens is 1. The third kappa shape index (κ3) is 27.2. The van der Waals surface area contributed by atoms with Gasteiger partial charge in [-0.1, -0.05) is 104 Å². The molecule has 1 heteroatoms. The maximum absolute atomic E-state index is 11.7. The monoisotopic (exact) mass is 274 g/mol. The molecule has 19 heavy (non-hydrogen) atoms. The first-order valence-corrected chi connectivity index (χ1v) is 8.89. The third-order valence-corrected chi connectivity index (χ3v) is 3.44. The van der Waals surface area contributed by atoms with E-state index in [9.17, 15) is 4.39 Å². The van der Waals surface area contributed by atoms with Gasteiger partial charge in [0.25, 0.3) is 0 Å². The van der Waals surface area contributed by atoms with E-state index in [1.54, 1.807) is 0 Å². The van der Waals surface area contributed by atoms with Crippen LogP contribution in [-0.4, -0.2) is 6.67 Å². The summed E-state index contributed by atoms with van der Waals surface area (Å²) in [6.07, 6.45) is 18.2. The van der Waals surface area contributed by atoms with Crippen molar-refractivity contribution in [2.45, 2.75) is 111 Å². The smallest absolute Gasteiger partial charge is 0.0894 e. The lowest BCUT2D eigenvalue weighted by molar-refractivity contribution is 0.449. The van der Waals surface area contributed by atoms with E-state index in [0.717, 1.165) is 12.8 Å². The molecule has 0 fully saturated rings. The van der Waals surface area contributed by atoms with Gasteiger partial charge in [0.05, 0.1) is 6.67 Å². The van der Waals surface area contributed by atoms with Crippen LogP contribution < -0.4 is 0 Å². The summed E-state index contributed by atoms with van der Waals surface area (Å²) in [6, 6.07) is 0. The van der Waals surface area contributed by atoms with Gasteiger partial charge in [-0.05, 0) is 6.42 Å². The quantitative estimate of drug-likeness (QED) is 0.306. The number of unbranched alkanes of at least 4 members (excludes halogenated alkanes) is 12. The maximum Gasteiger partial charge on any atom is 0.0894 e. The minimum atomic E-state index is -0.128. The molecule has 0 rings (SSSR count). The van der Waals surface area contributed by atoms with Crippen LogP contribution >= 0.6 is 0 Å². The fourth-order valence-electron chi connectivity index (χ4n) is 2.08. The van der Waals surface area contributed by atoms with Crippen molar-refractivity contribution in [1.29, 1.82) is 0 Å². The number of hydrogen-bond acceptors (Lipinski definition) is 0. The molecular weight excluding hydrogens is 235 g/mol. The van der Waals surface area contributed by atoms with Gasteiger partial charge >= 0.3 is 0 Å². The van der Waals surface area contributed by atoms with Crippen LogP contribution in [0.1, 0.15) is 111 Å². The van der Waals surface area contributed by atoms with Crippen LogP contribution in [0.5, 0.6) is 0 Å². The fourth-order valence-corrected chi connectivity index (χ4v) is 2.08. The maximum atomic E-state index is 11.7. The molecule has 0 nitrogen and oxygen atoms in total. The summed E-state index contributed by atoms with van der Waals surface area (Å²) in [4.78, 5) is 0. The van der Waals surface area contributed by atoms with Crippen LogP contribution in [0.4, 0.5) is 4.39 Å². The minimum Gasteiger partial charge on any atom is -0.251 e. The summed E-state index contributed by atoms with van der Waals surface area (Å²) >= 11 is 0. The standard InChI is InChI=1S/C12H25F.C6H14/c1-2-3-4-5-6-7-8-9-10-11-12-13;1-3-5-6-4-2/h2-12H2,1H3;3-6H2,1-2H3. The summed E-state index contributed by atoms with van der Waals surface area (Å²) in [7, 11) is 0. The Labute approximate surface area is 122 Å². The van der Waals surface area contributed by atoms with Crippen LogP contribution in [0, 0.1) is 0 Å².